The quantitative estimate of drug-likeness (QED) is 0.710. The molecule has 0 saturated carbocycles. The SMILES string of the molecule is CC(C)C1CCN(c2cccc(Cl)c2CCl)CC1. The summed E-state index contributed by atoms with van der Waals surface area (Å²) in [4.78, 5) is 2.43. The van der Waals surface area contributed by atoms with Crippen molar-refractivity contribution in [3.05, 3.63) is 28.8 Å². The number of anilines is 1. The lowest BCUT2D eigenvalue weighted by Crippen LogP contribution is -2.35. The number of piperidine rings is 1. The topological polar surface area (TPSA) is 3.24 Å². The number of rotatable bonds is 3. The molecule has 2 rings (SSSR count). The van der Waals surface area contributed by atoms with Crippen LogP contribution < -0.4 is 4.90 Å². The summed E-state index contributed by atoms with van der Waals surface area (Å²) in [5.74, 6) is 2.14. The molecule has 1 heterocycles. The van der Waals surface area contributed by atoms with Gasteiger partial charge in [0.05, 0.1) is 5.88 Å². The molecule has 1 saturated heterocycles. The van der Waals surface area contributed by atoms with Gasteiger partial charge in [0.2, 0.25) is 0 Å². The van der Waals surface area contributed by atoms with Crippen molar-refractivity contribution in [2.75, 3.05) is 18.0 Å². The van der Waals surface area contributed by atoms with Crippen molar-refractivity contribution in [1.82, 2.24) is 0 Å². The van der Waals surface area contributed by atoms with Gasteiger partial charge in [-0.15, -0.1) is 11.6 Å². The number of alkyl halides is 1. The van der Waals surface area contributed by atoms with Crippen molar-refractivity contribution >= 4 is 28.9 Å². The second-order valence-corrected chi connectivity index (χ2v) is 6.11. The van der Waals surface area contributed by atoms with Gasteiger partial charge in [-0.3, -0.25) is 0 Å². The molecule has 3 heteroatoms. The first-order valence-corrected chi connectivity index (χ1v) is 7.63. The van der Waals surface area contributed by atoms with E-state index < -0.39 is 0 Å². The van der Waals surface area contributed by atoms with Crippen molar-refractivity contribution < 1.29 is 0 Å². The third-order valence-corrected chi connectivity index (χ3v) is 4.67. The molecule has 1 aromatic rings. The lowest BCUT2D eigenvalue weighted by atomic mass is 9.86. The Morgan fingerprint density at radius 2 is 1.94 bits per heavy atom. The van der Waals surface area contributed by atoms with Crippen LogP contribution in [-0.2, 0) is 5.88 Å². The predicted molar refractivity (Wildman–Crippen MR) is 80.8 cm³/mol. The molecule has 1 nitrogen and oxygen atoms in total. The van der Waals surface area contributed by atoms with Crippen LogP contribution in [-0.4, -0.2) is 13.1 Å². The van der Waals surface area contributed by atoms with Crippen molar-refractivity contribution in [1.29, 1.82) is 0 Å². The van der Waals surface area contributed by atoms with Gasteiger partial charge in [0, 0.05) is 29.4 Å². The van der Waals surface area contributed by atoms with Gasteiger partial charge in [0.25, 0.3) is 0 Å². The second-order valence-electron chi connectivity index (χ2n) is 5.44. The fraction of sp³-hybridized carbons (Fsp3) is 0.600. The number of hydrogen-bond donors (Lipinski definition) is 0. The summed E-state index contributed by atoms with van der Waals surface area (Å²) in [6, 6.07) is 6.07. The van der Waals surface area contributed by atoms with Gasteiger partial charge in [-0.05, 0) is 36.8 Å². The van der Waals surface area contributed by atoms with E-state index >= 15 is 0 Å². The van der Waals surface area contributed by atoms with Crippen LogP contribution in [0.4, 0.5) is 5.69 Å². The van der Waals surface area contributed by atoms with E-state index in [2.05, 4.69) is 24.8 Å². The smallest absolute Gasteiger partial charge is 0.0509 e. The summed E-state index contributed by atoms with van der Waals surface area (Å²) < 4.78 is 0. The number of nitrogens with zero attached hydrogens (tertiary/aromatic N) is 1. The molecule has 0 aliphatic carbocycles. The third kappa shape index (κ3) is 2.95. The van der Waals surface area contributed by atoms with Gasteiger partial charge < -0.3 is 4.90 Å². The summed E-state index contributed by atoms with van der Waals surface area (Å²) in [5, 5.41) is 0.786. The van der Waals surface area contributed by atoms with E-state index in [1.165, 1.54) is 18.5 Å². The fourth-order valence-corrected chi connectivity index (χ4v) is 3.37. The average Bonchev–Trinajstić information content (AvgIpc) is 2.38. The van der Waals surface area contributed by atoms with Crippen molar-refractivity contribution in [3.8, 4) is 0 Å². The second kappa shape index (κ2) is 6.16. The Labute approximate surface area is 120 Å². The van der Waals surface area contributed by atoms with Gasteiger partial charge in [0.15, 0.2) is 0 Å². The molecule has 0 atom stereocenters. The highest BCUT2D eigenvalue weighted by Gasteiger charge is 2.23. The zero-order valence-corrected chi connectivity index (χ0v) is 12.6. The van der Waals surface area contributed by atoms with E-state index in [-0.39, 0.29) is 0 Å². The van der Waals surface area contributed by atoms with E-state index in [4.69, 9.17) is 23.2 Å². The monoisotopic (exact) mass is 285 g/mol. The van der Waals surface area contributed by atoms with E-state index in [1.54, 1.807) is 0 Å². The molecule has 1 fully saturated rings. The van der Waals surface area contributed by atoms with Gasteiger partial charge in [-0.1, -0.05) is 31.5 Å². The first-order valence-electron chi connectivity index (χ1n) is 6.71. The van der Waals surface area contributed by atoms with E-state index in [9.17, 15) is 0 Å². The van der Waals surface area contributed by atoms with E-state index in [1.807, 2.05) is 12.1 Å². The highest BCUT2D eigenvalue weighted by Crippen LogP contribution is 2.33. The molecule has 0 bridgehead atoms. The zero-order chi connectivity index (χ0) is 13.1. The van der Waals surface area contributed by atoms with Gasteiger partial charge in [0.1, 0.15) is 0 Å². The van der Waals surface area contributed by atoms with Crippen LogP contribution in [0.3, 0.4) is 0 Å². The van der Waals surface area contributed by atoms with Gasteiger partial charge in [-0.2, -0.15) is 0 Å². The van der Waals surface area contributed by atoms with Crippen LogP contribution in [0.25, 0.3) is 0 Å². The molecule has 100 valence electrons. The van der Waals surface area contributed by atoms with Crippen LogP contribution in [0.5, 0.6) is 0 Å². The first-order chi connectivity index (χ1) is 8.63. The minimum absolute atomic E-state index is 0.485. The summed E-state index contributed by atoms with van der Waals surface area (Å²) in [7, 11) is 0. The maximum absolute atomic E-state index is 6.22. The Kier molecular flexibility index (Phi) is 4.80. The number of benzene rings is 1. The molecule has 0 spiro atoms. The van der Waals surface area contributed by atoms with Gasteiger partial charge >= 0.3 is 0 Å². The highest BCUT2D eigenvalue weighted by atomic mass is 35.5. The van der Waals surface area contributed by atoms with Crippen LogP contribution in [0.2, 0.25) is 5.02 Å². The van der Waals surface area contributed by atoms with Crippen LogP contribution in [0, 0.1) is 11.8 Å². The molecule has 1 aliphatic rings. The first kappa shape index (κ1) is 14.0. The normalized spacial score (nSPS) is 17.5. The lowest BCUT2D eigenvalue weighted by molar-refractivity contribution is 0.311. The molecular formula is C15H21Cl2N. The standard InChI is InChI=1S/C15H21Cl2N/c1-11(2)12-6-8-18(9-7-12)15-5-3-4-14(17)13(15)10-16/h3-5,11-12H,6-10H2,1-2H3. The van der Waals surface area contributed by atoms with Crippen molar-refractivity contribution in [2.24, 2.45) is 11.8 Å². The molecule has 0 amide bonds. The predicted octanol–water partition coefficient (Wildman–Crippen LogP) is 4.95. The maximum Gasteiger partial charge on any atom is 0.0509 e. The van der Waals surface area contributed by atoms with Crippen LogP contribution >= 0.6 is 23.2 Å². The molecule has 1 aliphatic heterocycles. The van der Waals surface area contributed by atoms with Crippen molar-refractivity contribution in [2.45, 2.75) is 32.6 Å². The van der Waals surface area contributed by atoms with Crippen LogP contribution in [0.1, 0.15) is 32.3 Å². The molecule has 0 unspecified atom stereocenters. The third-order valence-electron chi connectivity index (χ3n) is 4.05. The Morgan fingerprint density at radius 1 is 1.28 bits per heavy atom. The molecule has 0 radical (unpaired) electrons. The van der Waals surface area contributed by atoms with Crippen LogP contribution in [0.15, 0.2) is 18.2 Å². The maximum atomic E-state index is 6.22. The Hall–Kier alpha value is -0.400. The van der Waals surface area contributed by atoms with Gasteiger partial charge in [-0.25, -0.2) is 0 Å². The Balaban J connectivity index is 2.12. The molecule has 1 aromatic carbocycles. The lowest BCUT2D eigenvalue weighted by Gasteiger charge is -2.36. The van der Waals surface area contributed by atoms with E-state index in [0.29, 0.717) is 5.88 Å². The minimum atomic E-state index is 0.485. The summed E-state index contributed by atoms with van der Waals surface area (Å²) in [5.41, 5.74) is 2.29. The average molecular weight is 286 g/mol. The van der Waals surface area contributed by atoms with E-state index in [0.717, 1.165) is 35.5 Å². The zero-order valence-electron chi connectivity index (χ0n) is 11.1. The summed E-state index contributed by atoms with van der Waals surface area (Å²) in [6.07, 6.45) is 2.54. The number of halogens is 2. The Morgan fingerprint density at radius 3 is 2.50 bits per heavy atom. The summed E-state index contributed by atoms with van der Waals surface area (Å²) >= 11 is 12.2. The molecule has 0 N–H and O–H groups in total. The largest absolute Gasteiger partial charge is 0.371 e. The number of hydrogen-bond acceptors (Lipinski definition) is 1. The molecule has 0 aromatic heterocycles. The minimum Gasteiger partial charge on any atom is -0.371 e. The fourth-order valence-electron chi connectivity index (χ4n) is 2.78. The molecule has 18 heavy (non-hydrogen) atoms. The van der Waals surface area contributed by atoms with Crippen molar-refractivity contribution in [3.63, 3.8) is 0 Å². The molecular weight excluding hydrogens is 265 g/mol. The highest BCUT2D eigenvalue weighted by molar-refractivity contribution is 6.32. The Bertz CT molecular complexity index is 395. The summed E-state index contributed by atoms with van der Waals surface area (Å²) in [6.45, 7) is 6.88.